The minimum absolute atomic E-state index is 0.178. The molecule has 0 unspecified atom stereocenters. The summed E-state index contributed by atoms with van der Waals surface area (Å²) in [4.78, 5) is 17.8. The normalized spacial score (nSPS) is 18.5. The van der Waals surface area contributed by atoms with Crippen molar-refractivity contribution < 1.29 is 13.2 Å². The van der Waals surface area contributed by atoms with Crippen molar-refractivity contribution in [3.8, 4) is 0 Å². The first-order valence-corrected chi connectivity index (χ1v) is 13.2. The summed E-state index contributed by atoms with van der Waals surface area (Å²) in [6.45, 7) is 7.71. The molecule has 0 atom stereocenters. The van der Waals surface area contributed by atoms with Crippen LogP contribution in [0.1, 0.15) is 39.9 Å². The molecule has 2 saturated heterocycles. The van der Waals surface area contributed by atoms with Gasteiger partial charge in [0.25, 0.3) is 5.91 Å². The second-order valence-electron chi connectivity index (χ2n) is 9.12. The van der Waals surface area contributed by atoms with Crippen LogP contribution >= 0.6 is 0 Å². The average molecular weight is 471 g/mol. The van der Waals surface area contributed by atoms with E-state index in [-0.39, 0.29) is 10.8 Å². The molecule has 2 heterocycles. The van der Waals surface area contributed by atoms with Gasteiger partial charge in [0.05, 0.1) is 4.90 Å². The van der Waals surface area contributed by atoms with Gasteiger partial charge in [0.2, 0.25) is 10.0 Å². The Hall–Kier alpha value is -2.26. The average Bonchev–Trinajstić information content (AvgIpc) is 3.32. The number of likely N-dealkylation sites (N-methyl/N-ethyl adjacent to an activating group) is 1. The summed E-state index contributed by atoms with van der Waals surface area (Å²) in [7, 11) is -1.64. The van der Waals surface area contributed by atoms with Crippen molar-refractivity contribution in [3.63, 3.8) is 0 Å². The predicted octanol–water partition coefficient (Wildman–Crippen LogP) is 2.46. The van der Waals surface area contributed by atoms with Crippen LogP contribution in [0.4, 0.5) is 0 Å². The van der Waals surface area contributed by atoms with Crippen molar-refractivity contribution in [1.82, 2.24) is 19.4 Å². The lowest BCUT2D eigenvalue weighted by Crippen LogP contribution is -2.47. The fraction of sp³-hybridized carbons (Fsp3) is 0.480. The maximum Gasteiger partial charge on any atom is 0.251 e. The van der Waals surface area contributed by atoms with E-state index >= 15 is 0 Å². The zero-order valence-electron chi connectivity index (χ0n) is 19.6. The minimum Gasteiger partial charge on any atom is -0.348 e. The predicted molar refractivity (Wildman–Crippen MR) is 130 cm³/mol. The molecule has 2 aromatic rings. The van der Waals surface area contributed by atoms with E-state index in [1.807, 2.05) is 32.2 Å². The molecular weight excluding hydrogens is 436 g/mol. The lowest BCUT2D eigenvalue weighted by atomic mass is 10.1. The molecule has 8 heteroatoms. The van der Waals surface area contributed by atoms with E-state index in [1.54, 1.807) is 12.1 Å². The molecule has 0 aromatic heterocycles. The lowest BCUT2D eigenvalue weighted by molar-refractivity contribution is 0.0950. The van der Waals surface area contributed by atoms with Crippen LogP contribution in [-0.4, -0.2) is 74.7 Å². The van der Waals surface area contributed by atoms with Gasteiger partial charge in [-0.3, -0.25) is 9.69 Å². The van der Waals surface area contributed by atoms with E-state index in [1.165, 1.54) is 28.8 Å². The lowest BCUT2D eigenvalue weighted by Gasteiger charge is -2.31. The molecule has 178 valence electrons. The molecule has 4 rings (SSSR count). The van der Waals surface area contributed by atoms with Crippen molar-refractivity contribution in [3.05, 3.63) is 64.7 Å². The van der Waals surface area contributed by atoms with Crippen LogP contribution in [0, 0.1) is 6.92 Å². The Kier molecular flexibility index (Phi) is 7.48. The SMILES string of the molecule is Cc1ccc(S(=O)(=O)N2CCN(C)CC2)cc1C(=O)NCc1ccccc1CN1CCCC1. The van der Waals surface area contributed by atoms with E-state index in [0.29, 0.717) is 38.3 Å². The van der Waals surface area contributed by atoms with Gasteiger partial charge in [-0.05, 0) is 68.7 Å². The molecule has 7 nitrogen and oxygen atoms in total. The van der Waals surface area contributed by atoms with Crippen LogP contribution in [0.15, 0.2) is 47.4 Å². The largest absolute Gasteiger partial charge is 0.348 e. The third kappa shape index (κ3) is 5.63. The van der Waals surface area contributed by atoms with Gasteiger partial charge in [-0.15, -0.1) is 0 Å². The Morgan fingerprint density at radius 2 is 1.61 bits per heavy atom. The molecule has 1 amide bonds. The quantitative estimate of drug-likeness (QED) is 0.673. The Bertz CT molecular complexity index is 1090. The van der Waals surface area contributed by atoms with Gasteiger partial charge in [0.1, 0.15) is 0 Å². The van der Waals surface area contributed by atoms with E-state index in [0.717, 1.165) is 30.8 Å². The number of rotatable bonds is 7. The Balaban J connectivity index is 1.47. The summed E-state index contributed by atoms with van der Waals surface area (Å²) in [5.41, 5.74) is 3.48. The van der Waals surface area contributed by atoms with Gasteiger partial charge in [-0.25, -0.2) is 8.42 Å². The second kappa shape index (κ2) is 10.3. The van der Waals surface area contributed by atoms with E-state index in [9.17, 15) is 13.2 Å². The number of likely N-dealkylation sites (tertiary alicyclic amines) is 1. The van der Waals surface area contributed by atoms with E-state index < -0.39 is 10.0 Å². The van der Waals surface area contributed by atoms with Gasteiger partial charge in [-0.2, -0.15) is 4.31 Å². The second-order valence-corrected chi connectivity index (χ2v) is 11.1. The maximum absolute atomic E-state index is 13.1. The number of sulfonamides is 1. The van der Waals surface area contributed by atoms with Crippen LogP contribution < -0.4 is 5.32 Å². The van der Waals surface area contributed by atoms with Crippen LogP contribution in [0.25, 0.3) is 0 Å². The highest BCUT2D eigenvalue weighted by Gasteiger charge is 2.28. The van der Waals surface area contributed by atoms with Gasteiger partial charge < -0.3 is 10.2 Å². The number of aryl methyl sites for hydroxylation is 1. The van der Waals surface area contributed by atoms with Crippen molar-refractivity contribution in [1.29, 1.82) is 0 Å². The monoisotopic (exact) mass is 470 g/mol. The van der Waals surface area contributed by atoms with Crippen molar-refractivity contribution in [2.45, 2.75) is 37.8 Å². The van der Waals surface area contributed by atoms with Crippen LogP contribution in [0.2, 0.25) is 0 Å². The van der Waals surface area contributed by atoms with Gasteiger partial charge in [0, 0.05) is 44.8 Å². The van der Waals surface area contributed by atoms with Crippen LogP contribution in [0.3, 0.4) is 0 Å². The molecule has 0 bridgehead atoms. The molecule has 2 aliphatic heterocycles. The maximum atomic E-state index is 13.1. The smallest absolute Gasteiger partial charge is 0.251 e. The molecule has 33 heavy (non-hydrogen) atoms. The molecule has 0 radical (unpaired) electrons. The highest BCUT2D eigenvalue weighted by Crippen LogP contribution is 2.21. The molecule has 0 aliphatic carbocycles. The Morgan fingerprint density at radius 1 is 0.939 bits per heavy atom. The number of piperazine rings is 1. The van der Waals surface area contributed by atoms with Gasteiger partial charge in [0.15, 0.2) is 0 Å². The zero-order valence-corrected chi connectivity index (χ0v) is 20.4. The number of hydrogen-bond acceptors (Lipinski definition) is 5. The number of nitrogens with one attached hydrogen (secondary N) is 1. The fourth-order valence-electron chi connectivity index (χ4n) is 4.52. The van der Waals surface area contributed by atoms with Crippen LogP contribution in [0.5, 0.6) is 0 Å². The topological polar surface area (TPSA) is 73.0 Å². The molecule has 0 spiro atoms. The highest BCUT2D eigenvalue weighted by molar-refractivity contribution is 7.89. The Labute approximate surface area is 197 Å². The molecule has 2 fully saturated rings. The third-order valence-corrected chi connectivity index (χ3v) is 8.60. The zero-order chi connectivity index (χ0) is 23.4. The van der Waals surface area contributed by atoms with Crippen LogP contribution in [-0.2, 0) is 23.1 Å². The van der Waals surface area contributed by atoms with Crippen molar-refractivity contribution in [2.75, 3.05) is 46.3 Å². The van der Waals surface area contributed by atoms with E-state index in [4.69, 9.17) is 0 Å². The summed E-state index contributed by atoms with van der Waals surface area (Å²) < 4.78 is 27.8. The number of carbonyl (C=O) groups is 1. The first kappa shape index (κ1) is 23.9. The summed E-state index contributed by atoms with van der Waals surface area (Å²) in [5.74, 6) is -0.251. The first-order valence-electron chi connectivity index (χ1n) is 11.7. The minimum atomic E-state index is -3.62. The standard InChI is InChI=1S/C25H34N4O3S/c1-20-9-10-23(33(31,32)29-15-13-27(2)14-16-29)17-24(20)25(30)26-18-21-7-3-4-8-22(21)19-28-11-5-6-12-28/h3-4,7-10,17H,5-6,11-16,18-19H2,1-2H3,(H,26,30). The Morgan fingerprint density at radius 3 is 2.30 bits per heavy atom. The number of hydrogen-bond donors (Lipinski definition) is 1. The summed E-state index contributed by atoms with van der Waals surface area (Å²) in [6, 6.07) is 13.0. The van der Waals surface area contributed by atoms with Gasteiger partial charge >= 0.3 is 0 Å². The fourth-order valence-corrected chi connectivity index (χ4v) is 5.97. The van der Waals surface area contributed by atoms with Crippen molar-refractivity contribution >= 4 is 15.9 Å². The molecule has 2 aliphatic rings. The van der Waals surface area contributed by atoms with E-state index in [2.05, 4.69) is 21.2 Å². The highest BCUT2D eigenvalue weighted by atomic mass is 32.2. The number of nitrogens with zero attached hydrogens (tertiary/aromatic N) is 3. The molecular formula is C25H34N4O3S. The molecule has 0 saturated carbocycles. The summed E-state index contributed by atoms with van der Waals surface area (Å²) >= 11 is 0. The number of amides is 1. The van der Waals surface area contributed by atoms with Gasteiger partial charge in [-0.1, -0.05) is 30.3 Å². The molecule has 1 N–H and O–H groups in total. The third-order valence-electron chi connectivity index (χ3n) is 6.70. The summed E-state index contributed by atoms with van der Waals surface area (Å²) in [6.07, 6.45) is 2.48. The first-order chi connectivity index (χ1) is 15.8. The summed E-state index contributed by atoms with van der Waals surface area (Å²) in [5, 5.41) is 3.01. The number of benzene rings is 2. The molecule has 2 aromatic carbocycles. The number of carbonyl (C=O) groups excluding carboxylic acids is 1. The van der Waals surface area contributed by atoms with Crippen molar-refractivity contribution in [2.24, 2.45) is 0 Å².